The molecular weight excluding hydrogens is 294 g/mol. The maximum absolute atomic E-state index is 12.7. The van der Waals surface area contributed by atoms with E-state index in [1.807, 2.05) is 0 Å². The minimum atomic E-state index is -3.82. The maximum Gasteiger partial charge on any atom is 0.243 e. The Labute approximate surface area is 123 Å². The zero-order chi connectivity index (χ0) is 15.6. The van der Waals surface area contributed by atoms with E-state index in [0.29, 0.717) is 19.4 Å². The normalized spacial score (nSPS) is 20.1. The van der Waals surface area contributed by atoms with Crippen LogP contribution in [0.2, 0.25) is 0 Å². The van der Waals surface area contributed by atoms with Crippen LogP contribution in [0.1, 0.15) is 19.3 Å². The highest BCUT2D eigenvalue weighted by atomic mass is 32.2. The van der Waals surface area contributed by atoms with Crippen molar-refractivity contribution in [3.63, 3.8) is 0 Å². The largest absolute Gasteiger partial charge is 0.506 e. The number of carbonyl (C=O) groups is 1. The van der Waals surface area contributed by atoms with Crippen LogP contribution in [0.5, 0.6) is 5.75 Å². The zero-order valence-corrected chi connectivity index (χ0v) is 12.6. The van der Waals surface area contributed by atoms with Gasteiger partial charge in [0.1, 0.15) is 11.8 Å². The fourth-order valence-electron chi connectivity index (χ4n) is 2.45. The van der Waals surface area contributed by atoms with E-state index >= 15 is 0 Å². The highest BCUT2D eigenvalue weighted by Gasteiger charge is 2.37. The summed E-state index contributed by atoms with van der Waals surface area (Å²) in [5, 5.41) is 11.9. The number of amides is 1. The number of carbonyl (C=O) groups excluding carboxylic acids is 1. The predicted octanol–water partition coefficient (Wildman–Crippen LogP) is 0.264. The van der Waals surface area contributed by atoms with E-state index in [1.165, 1.54) is 29.6 Å². The van der Waals surface area contributed by atoms with Crippen molar-refractivity contribution in [2.75, 3.05) is 19.3 Å². The average Bonchev–Trinajstić information content (AvgIpc) is 2.49. The minimum absolute atomic E-state index is 0.00965. The molecule has 1 aromatic carbocycles. The number of sulfonamides is 1. The average molecular weight is 313 g/mol. The molecule has 0 bridgehead atoms. The Kier molecular flexibility index (Phi) is 4.38. The predicted molar refractivity (Wildman–Crippen MR) is 78.1 cm³/mol. The molecule has 1 heterocycles. The maximum atomic E-state index is 12.7. The van der Waals surface area contributed by atoms with Gasteiger partial charge in [-0.15, -0.1) is 0 Å². The third-order valence-electron chi connectivity index (χ3n) is 3.61. The smallest absolute Gasteiger partial charge is 0.243 e. The van der Waals surface area contributed by atoms with Crippen molar-refractivity contribution in [3.8, 4) is 5.75 Å². The van der Waals surface area contributed by atoms with Crippen molar-refractivity contribution in [3.05, 3.63) is 18.2 Å². The molecule has 1 aromatic rings. The Bertz CT molecular complexity index is 645. The number of anilines is 1. The van der Waals surface area contributed by atoms with E-state index in [4.69, 9.17) is 5.73 Å². The lowest BCUT2D eigenvalue weighted by Gasteiger charge is -2.33. The molecule has 0 radical (unpaired) electrons. The van der Waals surface area contributed by atoms with Gasteiger partial charge < -0.3 is 16.2 Å². The van der Waals surface area contributed by atoms with E-state index in [9.17, 15) is 18.3 Å². The summed E-state index contributed by atoms with van der Waals surface area (Å²) in [5.41, 5.74) is 5.55. The van der Waals surface area contributed by atoms with Gasteiger partial charge in [0.25, 0.3) is 0 Å². The number of likely N-dealkylation sites (N-methyl/N-ethyl adjacent to an activating group) is 1. The highest BCUT2D eigenvalue weighted by molar-refractivity contribution is 7.89. The molecule has 1 unspecified atom stereocenters. The molecule has 1 saturated heterocycles. The van der Waals surface area contributed by atoms with Crippen molar-refractivity contribution in [1.82, 2.24) is 9.62 Å². The Balaban J connectivity index is 2.40. The fraction of sp³-hybridized carbons (Fsp3) is 0.462. The summed E-state index contributed by atoms with van der Waals surface area (Å²) in [6.07, 6.45) is 2.01. The van der Waals surface area contributed by atoms with Crippen LogP contribution >= 0.6 is 0 Å². The number of hydrogen-bond acceptors (Lipinski definition) is 5. The number of phenolic OH excluding ortho intramolecular Hbond substituents is 1. The van der Waals surface area contributed by atoms with Crippen molar-refractivity contribution in [1.29, 1.82) is 0 Å². The summed E-state index contributed by atoms with van der Waals surface area (Å²) in [5.74, 6) is -0.486. The van der Waals surface area contributed by atoms with Gasteiger partial charge in [0, 0.05) is 13.6 Å². The van der Waals surface area contributed by atoms with Crippen LogP contribution in [0.25, 0.3) is 0 Å². The van der Waals surface area contributed by atoms with Crippen LogP contribution in [0.3, 0.4) is 0 Å². The Morgan fingerprint density at radius 3 is 2.76 bits per heavy atom. The van der Waals surface area contributed by atoms with Gasteiger partial charge in [-0.1, -0.05) is 6.42 Å². The number of nitrogens with two attached hydrogens (primary N) is 1. The first kappa shape index (κ1) is 15.6. The molecule has 1 atom stereocenters. The van der Waals surface area contributed by atoms with E-state index in [1.54, 1.807) is 0 Å². The summed E-state index contributed by atoms with van der Waals surface area (Å²) < 4.78 is 26.6. The lowest BCUT2D eigenvalue weighted by molar-refractivity contribution is -0.125. The molecule has 0 aromatic heterocycles. The van der Waals surface area contributed by atoms with Gasteiger partial charge >= 0.3 is 0 Å². The summed E-state index contributed by atoms with van der Waals surface area (Å²) >= 11 is 0. The third-order valence-corrected chi connectivity index (χ3v) is 5.51. The van der Waals surface area contributed by atoms with E-state index in [2.05, 4.69) is 5.32 Å². The number of nitrogens with zero attached hydrogens (tertiary/aromatic N) is 1. The number of piperidine rings is 1. The number of nitrogens with one attached hydrogen (secondary N) is 1. The molecule has 21 heavy (non-hydrogen) atoms. The third kappa shape index (κ3) is 2.96. The first-order valence-electron chi connectivity index (χ1n) is 6.70. The second kappa shape index (κ2) is 5.90. The van der Waals surface area contributed by atoms with Gasteiger partial charge in [-0.05, 0) is 31.0 Å². The van der Waals surface area contributed by atoms with Gasteiger partial charge in [0.05, 0.1) is 10.6 Å². The van der Waals surface area contributed by atoms with Gasteiger partial charge in [0.2, 0.25) is 15.9 Å². The first-order valence-corrected chi connectivity index (χ1v) is 8.14. The molecule has 0 spiro atoms. The molecule has 116 valence electrons. The number of hydrogen-bond donors (Lipinski definition) is 3. The molecule has 4 N–H and O–H groups in total. The van der Waals surface area contributed by atoms with E-state index in [0.717, 1.165) is 6.42 Å². The van der Waals surface area contributed by atoms with Gasteiger partial charge in [-0.3, -0.25) is 4.79 Å². The van der Waals surface area contributed by atoms with Crippen molar-refractivity contribution in [2.24, 2.45) is 0 Å². The van der Waals surface area contributed by atoms with Crippen LogP contribution in [-0.2, 0) is 14.8 Å². The molecule has 7 nitrogen and oxygen atoms in total. The van der Waals surface area contributed by atoms with Crippen LogP contribution in [0.15, 0.2) is 23.1 Å². The quantitative estimate of drug-likeness (QED) is 0.547. The molecule has 1 aliphatic heterocycles. The molecule has 1 amide bonds. The monoisotopic (exact) mass is 313 g/mol. The lowest BCUT2D eigenvalue weighted by atomic mass is 10.0. The van der Waals surface area contributed by atoms with Crippen molar-refractivity contribution in [2.45, 2.75) is 30.2 Å². The lowest BCUT2D eigenvalue weighted by Crippen LogP contribution is -2.51. The van der Waals surface area contributed by atoms with Crippen LogP contribution in [0.4, 0.5) is 5.69 Å². The number of rotatable bonds is 3. The number of benzene rings is 1. The van der Waals surface area contributed by atoms with Crippen molar-refractivity contribution < 1.29 is 18.3 Å². The number of nitrogen functional groups attached to an aromatic ring is 1. The Morgan fingerprint density at radius 2 is 2.14 bits per heavy atom. The first-order chi connectivity index (χ1) is 9.87. The molecule has 2 rings (SSSR count). The number of phenols is 1. The molecular formula is C13H19N3O4S. The molecule has 8 heteroatoms. The number of aromatic hydroxyl groups is 1. The fourth-order valence-corrected chi connectivity index (χ4v) is 4.14. The SMILES string of the molecule is CNC(=O)C1CCCCN1S(=O)(=O)c1ccc(O)c(N)c1. The Morgan fingerprint density at radius 1 is 1.43 bits per heavy atom. The zero-order valence-electron chi connectivity index (χ0n) is 11.7. The topological polar surface area (TPSA) is 113 Å². The summed E-state index contributed by atoms with van der Waals surface area (Å²) in [6, 6.07) is 3.03. The summed E-state index contributed by atoms with van der Waals surface area (Å²) in [6.45, 7) is 0.293. The second-order valence-corrected chi connectivity index (χ2v) is 6.85. The molecule has 0 saturated carbocycles. The van der Waals surface area contributed by atoms with Crippen LogP contribution in [0, 0.1) is 0 Å². The summed E-state index contributed by atoms with van der Waals surface area (Å²) in [4.78, 5) is 11.9. The second-order valence-electron chi connectivity index (χ2n) is 4.96. The van der Waals surface area contributed by atoms with Gasteiger partial charge in [-0.25, -0.2) is 8.42 Å². The minimum Gasteiger partial charge on any atom is -0.506 e. The van der Waals surface area contributed by atoms with Crippen LogP contribution in [-0.4, -0.2) is 43.4 Å². The highest BCUT2D eigenvalue weighted by Crippen LogP contribution is 2.29. The van der Waals surface area contributed by atoms with E-state index in [-0.39, 0.29) is 22.2 Å². The molecule has 0 aliphatic carbocycles. The van der Waals surface area contributed by atoms with Crippen molar-refractivity contribution >= 4 is 21.6 Å². The molecule has 1 aliphatic rings. The Hall–Kier alpha value is -1.80. The standard InChI is InChI=1S/C13H19N3O4S/c1-15-13(18)11-4-2-3-7-16(11)21(19,20)9-5-6-12(17)10(14)8-9/h5-6,8,11,17H,2-4,7,14H2,1H3,(H,15,18). The summed E-state index contributed by atoms with van der Waals surface area (Å²) in [7, 11) is -2.34. The van der Waals surface area contributed by atoms with Gasteiger partial charge in [0.15, 0.2) is 0 Å². The van der Waals surface area contributed by atoms with Crippen LogP contribution < -0.4 is 11.1 Å². The van der Waals surface area contributed by atoms with E-state index < -0.39 is 16.1 Å². The molecule has 1 fully saturated rings. The van der Waals surface area contributed by atoms with Gasteiger partial charge in [-0.2, -0.15) is 4.31 Å².